The molecule has 2 saturated heterocycles. The number of ether oxygens (including phenoxy) is 9. The number of carbonyl (C=O) groups is 6. The van der Waals surface area contributed by atoms with E-state index < -0.39 is 110 Å². The molecule has 0 saturated carbocycles. The van der Waals surface area contributed by atoms with Crippen LogP contribution >= 0.6 is 0 Å². The summed E-state index contributed by atoms with van der Waals surface area (Å²) in [7, 11) is 0. The first-order valence-corrected chi connectivity index (χ1v) is 12.4. The molecular weight excluding hydrogens is 560 g/mol. The zero-order valence-electron chi connectivity index (χ0n) is 23.3. The van der Waals surface area contributed by atoms with E-state index in [1.165, 1.54) is 0 Å². The van der Waals surface area contributed by atoms with Gasteiger partial charge >= 0.3 is 35.8 Å². The van der Waals surface area contributed by atoms with Crippen molar-refractivity contribution < 1.29 is 81.6 Å². The summed E-state index contributed by atoms with van der Waals surface area (Å²) in [5.74, 6) is -7.72. The Bertz CT molecular complexity index is 997. The van der Waals surface area contributed by atoms with Gasteiger partial charge in [0.15, 0.2) is 30.5 Å². The lowest BCUT2D eigenvalue weighted by Crippen LogP contribution is -2.65. The zero-order valence-corrected chi connectivity index (χ0v) is 23.3. The van der Waals surface area contributed by atoms with Gasteiger partial charge in [0.1, 0.15) is 18.8 Å². The maximum Gasteiger partial charge on any atom is 0.303 e. The monoisotopic (exact) mass is 594 g/mol. The summed E-state index contributed by atoms with van der Waals surface area (Å²) in [4.78, 5) is 71.6. The maximum atomic E-state index is 12.1. The third-order valence-corrected chi connectivity index (χ3v) is 5.69. The molecular formula is C24H34O17. The minimum Gasteiger partial charge on any atom is -0.460 e. The molecule has 0 aromatic carbocycles. The van der Waals surface area contributed by atoms with Crippen molar-refractivity contribution in [3.05, 3.63) is 0 Å². The highest BCUT2D eigenvalue weighted by Gasteiger charge is 2.64. The van der Waals surface area contributed by atoms with Crippen LogP contribution in [0.5, 0.6) is 0 Å². The van der Waals surface area contributed by atoms with E-state index in [2.05, 4.69) is 0 Å². The second-order valence-corrected chi connectivity index (χ2v) is 9.10. The smallest absolute Gasteiger partial charge is 0.303 e. The zero-order chi connectivity index (χ0) is 31.1. The van der Waals surface area contributed by atoms with Gasteiger partial charge in [-0.15, -0.1) is 0 Å². The van der Waals surface area contributed by atoms with Crippen LogP contribution in [-0.4, -0.2) is 121 Å². The standard InChI is InChI=1S/C24H34O17/c1-10(27)33-9-24(22(38-15(6)32)19(35-12(3)29)17(8-26)40-24)41-23-21(37-14(5)31)20(36-13(4)30)18(34-11(2)28)16(7-25)39-23/h16-23,25-26H,7-9H2,1-6H3/t16-,17-,18-,19-,20+,21-,22+,23-,24+/m1/s1. The van der Waals surface area contributed by atoms with Crippen molar-refractivity contribution in [1.29, 1.82) is 0 Å². The second kappa shape index (κ2) is 14.5. The van der Waals surface area contributed by atoms with Crippen LogP contribution in [0.15, 0.2) is 0 Å². The molecule has 2 N–H and O–H groups in total. The van der Waals surface area contributed by atoms with Crippen LogP contribution in [0.4, 0.5) is 0 Å². The van der Waals surface area contributed by atoms with Gasteiger partial charge in [0.2, 0.25) is 12.1 Å². The van der Waals surface area contributed by atoms with Crippen LogP contribution in [-0.2, 0) is 71.4 Å². The van der Waals surface area contributed by atoms with E-state index in [9.17, 15) is 39.0 Å². The number of rotatable bonds is 11. The minimum atomic E-state index is -2.40. The molecule has 0 amide bonds. The Labute approximate surface area is 234 Å². The van der Waals surface area contributed by atoms with Crippen LogP contribution in [0, 0.1) is 0 Å². The van der Waals surface area contributed by atoms with Crippen molar-refractivity contribution in [2.24, 2.45) is 0 Å². The summed E-state index contributed by atoms with van der Waals surface area (Å²) in [6.45, 7) is 3.66. The number of hydrogen-bond acceptors (Lipinski definition) is 17. The van der Waals surface area contributed by atoms with E-state index in [4.69, 9.17) is 42.6 Å². The predicted octanol–water partition coefficient (Wildman–Crippen LogP) is -1.97. The fourth-order valence-corrected chi connectivity index (χ4v) is 4.38. The van der Waals surface area contributed by atoms with Gasteiger partial charge in [0.05, 0.1) is 13.2 Å². The molecule has 0 spiro atoms. The van der Waals surface area contributed by atoms with Gasteiger partial charge in [-0.25, -0.2) is 0 Å². The third-order valence-electron chi connectivity index (χ3n) is 5.69. The SMILES string of the molecule is CC(=O)OC[C@@]1(O[C@H]2O[C@H](CO)[C@@H](OC(C)=O)[C@H](OC(C)=O)[C@H]2OC(C)=O)O[C@H](CO)[C@@H](OC(C)=O)[C@@H]1OC(C)=O. The molecule has 232 valence electrons. The number of aliphatic hydroxyl groups is 2. The molecule has 2 heterocycles. The number of aliphatic hydroxyl groups excluding tert-OH is 2. The van der Waals surface area contributed by atoms with Gasteiger partial charge < -0.3 is 52.8 Å². The lowest BCUT2D eigenvalue weighted by Gasteiger charge is -2.46. The molecule has 0 bridgehead atoms. The van der Waals surface area contributed by atoms with E-state index in [-0.39, 0.29) is 0 Å². The molecule has 2 aliphatic rings. The number of hydrogen-bond donors (Lipinski definition) is 2. The quantitative estimate of drug-likeness (QED) is 0.195. The summed E-state index contributed by atoms with van der Waals surface area (Å²) in [6.07, 6.45) is -12.8. The largest absolute Gasteiger partial charge is 0.460 e. The van der Waals surface area contributed by atoms with Crippen LogP contribution in [0.2, 0.25) is 0 Å². The van der Waals surface area contributed by atoms with Crippen molar-refractivity contribution in [3.8, 4) is 0 Å². The first-order chi connectivity index (χ1) is 19.1. The second-order valence-electron chi connectivity index (χ2n) is 9.10. The Morgan fingerprint density at radius 3 is 1.54 bits per heavy atom. The molecule has 9 atom stereocenters. The first-order valence-electron chi connectivity index (χ1n) is 12.4. The van der Waals surface area contributed by atoms with E-state index in [1.54, 1.807) is 0 Å². The molecule has 2 rings (SSSR count). The summed E-state index contributed by atoms with van der Waals surface area (Å²) in [6, 6.07) is 0. The van der Waals surface area contributed by atoms with Crippen molar-refractivity contribution in [3.63, 3.8) is 0 Å². The van der Waals surface area contributed by atoms with E-state index in [0.29, 0.717) is 0 Å². The van der Waals surface area contributed by atoms with Gasteiger partial charge in [-0.2, -0.15) is 0 Å². The van der Waals surface area contributed by atoms with E-state index >= 15 is 0 Å². The van der Waals surface area contributed by atoms with E-state index in [0.717, 1.165) is 41.5 Å². The fourth-order valence-electron chi connectivity index (χ4n) is 4.38. The van der Waals surface area contributed by atoms with Gasteiger partial charge in [0.25, 0.3) is 0 Å². The third kappa shape index (κ3) is 8.80. The minimum absolute atomic E-state index is 0.802. The summed E-state index contributed by atoms with van der Waals surface area (Å²) < 4.78 is 49.1. The normalized spacial score (nSPS) is 32.8. The van der Waals surface area contributed by atoms with Crippen molar-refractivity contribution >= 4 is 35.8 Å². The van der Waals surface area contributed by atoms with Gasteiger partial charge in [0, 0.05) is 41.5 Å². The fraction of sp³-hybridized carbons (Fsp3) is 0.750. The van der Waals surface area contributed by atoms with Gasteiger partial charge in [-0.05, 0) is 0 Å². The van der Waals surface area contributed by atoms with E-state index in [1.807, 2.05) is 0 Å². The molecule has 41 heavy (non-hydrogen) atoms. The van der Waals surface area contributed by atoms with Crippen LogP contribution < -0.4 is 0 Å². The molecule has 0 aromatic rings. The average molecular weight is 595 g/mol. The van der Waals surface area contributed by atoms with Crippen molar-refractivity contribution in [1.82, 2.24) is 0 Å². The highest BCUT2D eigenvalue weighted by molar-refractivity contribution is 5.69. The van der Waals surface area contributed by atoms with Crippen molar-refractivity contribution in [2.45, 2.75) is 96.3 Å². The Balaban J connectivity index is 2.68. The van der Waals surface area contributed by atoms with Crippen molar-refractivity contribution in [2.75, 3.05) is 19.8 Å². The maximum absolute atomic E-state index is 12.1. The molecule has 0 unspecified atom stereocenters. The number of esters is 6. The van der Waals surface area contributed by atoms with Crippen LogP contribution in [0.1, 0.15) is 41.5 Å². The summed E-state index contributed by atoms with van der Waals surface area (Å²) in [5, 5.41) is 20.0. The predicted molar refractivity (Wildman–Crippen MR) is 126 cm³/mol. The van der Waals surface area contributed by atoms with Gasteiger partial charge in [-0.3, -0.25) is 28.8 Å². The van der Waals surface area contributed by atoms with Crippen LogP contribution in [0.25, 0.3) is 0 Å². The molecule has 0 radical (unpaired) electrons. The molecule has 2 fully saturated rings. The van der Waals surface area contributed by atoms with Gasteiger partial charge in [-0.1, -0.05) is 0 Å². The summed E-state index contributed by atoms with van der Waals surface area (Å²) >= 11 is 0. The lowest BCUT2D eigenvalue weighted by molar-refractivity contribution is -0.384. The Morgan fingerprint density at radius 1 is 0.610 bits per heavy atom. The molecule has 17 nitrogen and oxygen atoms in total. The topological polar surface area (TPSA) is 226 Å². The summed E-state index contributed by atoms with van der Waals surface area (Å²) in [5.41, 5.74) is 0. The Kier molecular flexibility index (Phi) is 12.0. The molecule has 0 aromatic heterocycles. The Hall–Kier alpha value is -3.38. The highest BCUT2D eigenvalue weighted by Crippen LogP contribution is 2.41. The molecule has 17 heteroatoms. The Morgan fingerprint density at radius 2 is 1.07 bits per heavy atom. The van der Waals surface area contributed by atoms with Crippen LogP contribution in [0.3, 0.4) is 0 Å². The first kappa shape index (κ1) is 33.8. The molecule has 2 aliphatic heterocycles. The lowest BCUT2D eigenvalue weighted by atomic mass is 9.97. The average Bonchev–Trinajstić information content (AvgIpc) is 3.11. The highest BCUT2D eigenvalue weighted by atomic mass is 16.8. The number of carbonyl (C=O) groups excluding carboxylic acids is 6. The molecule has 0 aliphatic carbocycles.